The quantitative estimate of drug-likeness (QED) is 0.754. The second kappa shape index (κ2) is 7.08. The molecule has 5 nitrogen and oxygen atoms in total. The fourth-order valence-corrected chi connectivity index (χ4v) is 4.66. The number of anilines is 1. The zero-order chi connectivity index (χ0) is 22.1. The van der Waals surface area contributed by atoms with Crippen LogP contribution in [0.15, 0.2) is 18.2 Å². The lowest BCUT2D eigenvalue weighted by Gasteiger charge is -2.42. The molecule has 0 atom stereocenters. The van der Waals surface area contributed by atoms with E-state index in [-0.39, 0.29) is 23.2 Å². The molecule has 30 heavy (non-hydrogen) atoms. The van der Waals surface area contributed by atoms with E-state index in [2.05, 4.69) is 70.0 Å². The van der Waals surface area contributed by atoms with E-state index in [0.29, 0.717) is 12.0 Å². The molecule has 0 spiro atoms. The molecule has 4 rings (SSSR count). The molecule has 3 aliphatic rings. The summed E-state index contributed by atoms with van der Waals surface area (Å²) < 4.78 is 12.5. The van der Waals surface area contributed by atoms with Crippen LogP contribution in [0.2, 0.25) is 0 Å². The highest BCUT2D eigenvalue weighted by Gasteiger charge is 2.53. The average molecular weight is 412 g/mol. The van der Waals surface area contributed by atoms with Crippen molar-refractivity contribution in [3.05, 3.63) is 23.8 Å². The lowest BCUT2D eigenvalue weighted by Crippen LogP contribution is -2.55. The number of amides is 1. The van der Waals surface area contributed by atoms with Gasteiger partial charge in [0.05, 0.1) is 16.6 Å². The summed E-state index contributed by atoms with van der Waals surface area (Å²) >= 11 is 0. The monoisotopic (exact) mass is 412 g/mol. The molecule has 1 saturated heterocycles. The summed E-state index contributed by atoms with van der Waals surface area (Å²) in [6.07, 6.45) is 2.02. The van der Waals surface area contributed by atoms with Crippen LogP contribution in [0.5, 0.6) is 0 Å². The maximum atomic E-state index is 13.4. The van der Waals surface area contributed by atoms with Gasteiger partial charge < -0.3 is 19.5 Å². The first kappa shape index (κ1) is 21.9. The van der Waals surface area contributed by atoms with Crippen molar-refractivity contribution in [1.82, 2.24) is 5.32 Å². The van der Waals surface area contributed by atoms with Gasteiger partial charge in [0.25, 0.3) is 0 Å². The van der Waals surface area contributed by atoms with E-state index >= 15 is 0 Å². The van der Waals surface area contributed by atoms with Crippen LogP contribution in [0.25, 0.3) is 0 Å². The van der Waals surface area contributed by atoms with Crippen LogP contribution in [0.1, 0.15) is 73.8 Å². The van der Waals surface area contributed by atoms with Gasteiger partial charge in [-0.15, -0.1) is 0 Å². The molecule has 1 aromatic carbocycles. The minimum absolute atomic E-state index is 0.205. The van der Waals surface area contributed by atoms with E-state index in [1.807, 2.05) is 13.8 Å². The van der Waals surface area contributed by atoms with Gasteiger partial charge in [-0.3, -0.25) is 4.79 Å². The third-order valence-electron chi connectivity index (χ3n) is 7.53. The Hall–Kier alpha value is -1.37. The number of rotatable bonds is 5. The maximum absolute atomic E-state index is 13.4. The summed E-state index contributed by atoms with van der Waals surface area (Å²) in [5, 5.41) is 3.63. The molecular weight excluding hydrogens is 375 g/mol. The summed E-state index contributed by atoms with van der Waals surface area (Å²) in [4.78, 5) is 15.4. The minimum Gasteiger partial charge on any atom is -0.399 e. The third kappa shape index (κ3) is 3.41. The van der Waals surface area contributed by atoms with E-state index in [1.54, 1.807) is 0 Å². The average Bonchev–Trinajstić information content (AvgIpc) is 2.93. The van der Waals surface area contributed by atoms with Crippen LogP contribution in [0.3, 0.4) is 0 Å². The zero-order valence-corrected chi connectivity index (χ0v) is 19.8. The van der Waals surface area contributed by atoms with E-state index in [4.69, 9.17) is 9.31 Å². The van der Waals surface area contributed by atoms with Crippen molar-refractivity contribution in [2.45, 2.75) is 96.9 Å². The van der Waals surface area contributed by atoms with Crippen molar-refractivity contribution >= 4 is 24.2 Å². The van der Waals surface area contributed by atoms with Gasteiger partial charge in [-0.25, -0.2) is 0 Å². The Kier molecular flexibility index (Phi) is 5.15. The van der Waals surface area contributed by atoms with E-state index in [9.17, 15) is 4.79 Å². The maximum Gasteiger partial charge on any atom is 0.494 e. The highest BCUT2D eigenvalue weighted by atomic mass is 16.7. The van der Waals surface area contributed by atoms with Crippen molar-refractivity contribution in [1.29, 1.82) is 0 Å². The first-order valence-corrected chi connectivity index (χ1v) is 11.4. The van der Waals surface area contributed by atoms with E-state index < -0.39 is 12.5 Å². The summed E-state index contributed by atoms with van der Waals surface area (Å²) in [7, 11) is -0.414. The molecule has 1 aromatic rings. The predicted octanol–water partition coefficient (Wildman–Crippen LogP) is 3.39. The molecule has 0 unspecified atom stereocenters. The summed E-state index contributed by atoms with van der Waals surface area (Å²) in [6, 6.07) is 7.05. The lowest BCUT2D eigenvalue weighted by molar-refractivity contribution is -0.123. The van der Waals surface area contributed by atoms with Crippen molar-refractivity contribution in [3.63, 3.8) is 0 Å². The first-order valence-electron chi connectivity index (χ1n) is 11.4. The topological polar surface area (TPSA) is 50.8 Å². The van der Waals surface area contributed by atoms with Gasteiger partial charge in [-0.05, 0) is 83.9 Å². The van der Waals surface area contributed by atoms with Crippen LogP contribution in [-0.2, 0) is 19.5 Å². The van der Waals surface area contributed by atoms with Gasteiger partial charge in [-0.1, -0.05) is 26.0 Å². The second-order valence-electron chi connectivity index (χ2n) is 11.3. The number of hydrogen-bond donors (Lipinski definition) is 1. The number of benzene rings is 1. The summed E-state index contributed by atoms with van der Waals surface area (Å²) in [5.41, 5.74) is 1.86. The molecule has 164 valence electrons. The minimum atomic E-state index is -0.500. The normalized spacial score (nSPS) is 28.8. The number of hydrogen-bond acceptors (Lipinski definition) is 4. The Balaban J connectivity index is 1.58. The standard InChI is InChI=1S/C24H37BN2O3/c1-15(2)14-26-17-12-18(13-17)27-20-11-16(9-10-19(20)22(3,4)21(27)28)25-29-23(5,6)24(7,8)30-25/h9-11,15,17-18,26H,12-14H2,1-8H3/t17-,18+. The zero-order valence-electron chi connectivity index (χ0n) is 19.8. The molecule has 2 aliphatic heterocycles. The van der Waals surface area contributed by atoms with Crippen LogP contribution in [0.4, 0.5) is 5.69 Å². The molecular formula is C24H37BN2O3. The second-order valence-corrected chi connectivity index (χ2v) is 11.3. The Labute approximate surface area is 182 Å². The lowest BCUT2D eigenvalue weighted by atomic mass is 9.76. The van der Waals surface area contributed by atoms with Crippen LogP contribution >= 0.6 is 0 Å². The molecule has 1 aliphatic carbocycles. The van der Waals surface area contributed by atoms with Crippen molar-refractivity contribution in [2.75, 3.05) is 11.4 Å². The molecule has 2 heterocycles. The van der Waals surface area contributed by atoms with Crippen molar-refractivity contribution in [2.24, 2.45) is 5.92 Å². The molecule has 6 heteroatoms. The number of nitrogens with zero attached hydrogens (tertiary/aromatic N) is 1. The van der Waals surface area contributed by atoms with E-state index in [1.165, 1.54) is 0 Å². The molecule has 1 N–H and O–H groups in total. The molecule has 0 radical (unpaired) electrons. The Bertz CT molecular complexity index is 827. The van der Waals surface area contributed by atoms with Crippen LogP contribution in [0, 0.1) is 5.92 Å². The largest absolute Gasteiger partial charge is 0.494 e. The SMILES string of the molecule is CC(C)CN[C@H]1C[C@@H](N2C(=O)C(C)(C)c3ccc(B4OC(C)(C)C(C)(C)O4)cc32)C1. The molecule has 1 saturated carbocycles. The van der Waals surface area contributed by atoms with Gasteiger partial charge in [0.1, 0.15) is 0 Å². The number of carbonyl (C=O) groups is 1. The smallest absolute Gasteiger partial charge is 0.399 e. The van der Waals surface area contributed by atoms with Crippen LogP contribution < -0.4 is 15.7 Å². The van der Waals surface area contributed by atoms with Gasteiger partial charge in [0.15, 0.2) is 0 Å². The molecule has 0 aromatic heterocycles. The third-order valence-corrected chi connectivity index (χ3v) is 7.53. The van der Waals surface area contributed by atoms with Crippen molar-refractivity contribution in [3.8, 4) is 0 Å². The Morgan fingerprint density at radius 1 is 1.10 bits per heavy atom. The van der Waals surface area contributed by atoms with Gasteiger partial charge in [0, 0.05) is 17.8 Å². The highest BCUT2D eigenvalue weighted by Crippen LogP contribution is 2.45. The number of nitrogens with one attached hydrogen (secondary N) is 1. The number of fused-ring (bicyclic) bond motifs is 1. The summed E-state index contributed by atoms with van der Waals surface area (Å²) in [5.74, 6) is 0.843. The Morgan fingerprint density at radius 2 is 1.70 bits per heavy atom. The van der Waals surface area contributed by atoms with Gasteiger partial charge in [-0.2, -0.15) is 0 Å². The van der Waals surface area contributed by atoms with Crippen LogP contribution in [-0.4, -0.2) is 42.9 Å². The fraction of sp³-hybridized carbons (Fsp3) is 0.708. The summed E-state index contributed by atoms with van der Waals surface area (Å²) in [6.45, 7) is 17.8. The highest BCUT2D eigenvalue weighted by molar-refractivity contribution is 6.62. The van der Waals surface area contributed by atoms with Gasteiger partial charge >= 0.3 is 7.12 Å². The molecule has 0 bridgehead atoms. The fourth-order valence-electron chi connectivity index (χ4n) is 4.66. The predicted molar refractivity (Wildman–Crippen MR) is 122 cm³/mol. The number of carbonyl (C=O) groups excluding carboxylic acids is 1. The molecule has 1 amide bonds. The van der Waals surface area contributed by atoms with Gasteiger partial charge in [0.2, 0.25) is 5.91 Å². The first-order chi connectivity index (χ1) is 13.8. The van der Waals surface area contributed by atoms with Crippen molar-refractivity contribution < 1.29 is 14.1 Å². The Morgan fingerprint density at radius 3 is 2.27 bits per heavy atom. The van der Waals surface area contributed by atoms with E-state index in [0.717, 1.165) is 36.1 Å². The molecule has 2 fully saturated rings.